The minimum absolute atomic E-state index is 0. The fourth-order valence-corrected chi connectivity index (χ4v) is 3.94. The van der Waals surface area contributed by atoms with Crippen LogP contribution in [0.25, 0.3) is 0 Å². The van der Waals surface area contributed by atoms with Crippen LogP contribution in [0, 0.1) is 0 Å². The molecule has 158 valence electrons. The summed E-state index contributed by atoms with van der Waals surface area (Å²) in [7, 11) is -4.06. The first-order chi connectivity index (χ1) is 12.5. The summed E-state index contributed by atoms with van der Waals surface area (Å²) >= 11 is 0. The molecule has 0 aliphatic carbocycles. The summed E-state index contributed by atoms with van der Waals surface area (Å²) in [6.07, 6.45) is 20.4. The van der Waals surface area contributed by atoms with Crippen molar-refractivity contribution in [2.75, 3.05) is 5.75 Å². The Kier molecular flexibility index (Phi) is 25.2. The second-order valence-electron chi connectivity index (χ2n) is 7.80. The number of hydrogen-bond acceptors (Lipinski definition) is 4. The number of hydrogen-bond donors (Lipinski definition) is 1. The molecule has 0 aromatic rings. The summed E-state index contributed by atoms with van der Waals surface area (Å²) < 4.78 is 31.4. The van der Waals surface area contributed by atoms with Crippen LogP contribution in [-0.4, -0.2) is 29.9 Å². The molecule has 0 rings (SSSR count). The molecule has 27 heavy (non-hydrogen) atoms. The average Bonchev–Trinajstić information content (AvgIpc) is 2.58. The van der Waals surface area contributed by atoms with E-state index in [2.05, 4.69) is 6.92 Å². The van der Waals surface area contributed by atoms with Gasteiger partial charge in [0.1, 0.15) is 0 Å². The maximum Gasteiger partial charge on any atom is 1.00 e. The van der Waals surface area contributed by atoms with Gasteiger partial charge in [0.25, 0.3) is 0 Å². The van der Waals surface area contributed by atoms with Gasteiger partial charge in [0.2, 0.25) is 0 Å². The molecule has 0 saturated carbocycles. The topological polar surface area (TPSA) is 77.4 Å². The van der Waals surface area contributed by atoms with E-state index in [1.54, 1.807) is 0 Å². The van der Waals surface area contributed by atoms with Crippen molar-refractivity contribution in [3.63, 3.8) is 0 Å². The van der Waals surface area contributed by atoms with E-state index in [0.717, 1.165) is 38.5 Å². The predicted octanol–water partition coefficient (Wildman–Crippen LogP) is 2.94. The van der Waals surface area contributed by atoms with E-state index in [1.165, 1.54) is 70.6 Å². The molecular weight excluding hydrogens is 387 g/mol. The maximum atomic E-state index is 10.5. The molecule has 0 aliphatic heterocycles. The van der Waals surface area contributed by atoms with Gasteiger partial charge >= 0.3 is 51.4 Å². The van der Waals surface area contributed by atoms with E-state index in [4.69, 9.17) is 0 Å². The Morgan fingerprint density at radius 1 is 0.667 bits per heavy atom. The van der Waals surface area contributed by atoms with Gasteiger partial charge < -0.3 is 9.66 Å². The third kappa shape index (κ3) is 27.5. The van der Waals surface area contributed by atoms with Crippen LogP contribution in [0.15, 0.2) is 0 Å². The Bertz CT molecular complexity index is 388. The van der Waals surface area contributed by atoms with Crippen LogP contribution in [-0.2, 0) is 10.1 Å². The standard InChI is InChI=1S/C21H44O4S.K/c1-2-3-4-5-6-7-8-9-10-11-12-15-18-21(22)19-16-13-14-17-20-26(23,24)25;/h21-22H,2-20H2,1H3,(H,23,24,25);/q;+1/p-1. The molecule has 0 aromatic heterocycles. The van der Waals surface area contributed by atoms with Gasteiger partial charge in [0.05, 0.1) is 16.2 Å². The monoisotopic (exact) mass is 430 g/mol. The molecule has 0 radical (unpaired) electrons. The van der Waals surface area contributed by atoms with Gasteiger partial charge in [0.15, 0.2) is 0 Å². The Morgan fingerprint density at radius 3 is 1.37 bits per heavy atom. The predicted molar refractivity (Wildman–Crippen MR) is 109 cm³/mol. The van der Waals surface area contributed by atoms with Gasteiger partial charge in [-0.3, -0.25) is 0 Å². The summed E-state index contributed by atoms with van der Waals surface area (Å²) in [5.74, 6) is -0.256. The van der Waals surface area contributed by atoms with Gasteiger partial charge in [-0.2, -0.15) is 0 Å². The van der Waals surface area contributed by atoms with Crippen molar-refractivity contribution in [1.82, 2.24) is 0 Å². The van der Waals surface area contributed by atoms with Gasteiger partial charge in [-0.25, -0.2) is 8.42 Å². The molecule has 0 spiro atoms. The van der Waals surface area contributed by atoms with Crippen LogP contribution in [0.2, 0.25) is 0 Å². The smallest absolute Gasteiger partial charge is 0.748 e. The normalized spacial score (nSPS) is 12.7. The summed E-state index contributed by atoms with van der Waals surface area (Å²) in [5, 5.41) is 9.95. The Morgan fingerprint density at radius 2 is 1.00 bits per heavy atom. The molecular formula is C21H43KO4S. The van der Waals surface area contributed by atoms with Gasteiger partial charge in [-0.15, -0.1) is 0 Å². The van der Waals surface area contributed by atoms with Gasteiger partial charge in [0, 0.05) is 5.75 Å². The summed E-state index contributed by atoms with van der Waals surface area (Å²) in [6.45, 7) is 2.26. The molecule has 0 aromatic carbocycles. The minimum Gasteiger partial charge on any atom is -0.748 e. The van der Waals surface area contributed by atoms with E-state index >= 15 is 0 Å². The molecule has 6 heteroatoms. The fourth-order valence-electron chi connectivity index (χ4n) is 3.38. The zero-order valence-electron chi connectivity index (χ0n) is 18.1. The van der Waals surface area contributed by atoms with E-state index in [9.17, 15) is 18.1 Å². The Labute approximate surface area is 211 Å². The largest absolute Gasteiger partial charge is 1.00 e. The Hall–Kier alpha value is 1.51. The van der Waals surface area contributed by atoms with Crippen molar-refractivity contribution < 1.29 is 69.5 Å². The second-order valence-corrected chi connectivity index (χ2v) is 9.32. The fraction of sp³-hybridized carbons (Fsp3) is 1.00. The molecule has 0 heterocycles. The summed E-state index contributed by atoms with van der Waals surface area (Å²) in [4.78, 5) is 0. The zero-order valence-corrected chi connectivity index (χ0v) is 22.0. The molecule has 4 nitrogen and oxygen atoms in total. The van der Waals surface area contributed by atoms with Crippen LogP contribution in [0.1, 0.15) is 122 Å². The third-order valence-electron chi connectivity index (χ3n) is 5.07. The first-order valence-electron chi connectivity index (χ1n) is 11.1. The molecule has 0 bridgehead atoms. The van der Waals surface area contributed by atoms with Crippen molar-refractivity contribution in [3.8, 4) is 0 Å². The van der Waals surface area contributed by atoms with E-state index in [-0.39, 0.29) is 63.2 Å². The van der Waals surface area contributed by atoms with Crippen molar-refractivity contribution >= 4 is 10.1 Å². The number of rotatable bonds is 20. The van der Waals surface area contributed by atoms with E-state index < -0.39 is 10.1 Å². The average molecular weight is 431 g/mol. The third-order valence-corrected chi connectivity index (χ3v) is 5.86. The summed E-state index contributed by atoms with van der Waals surface area (Å²) in [6, 6.07) is 0. The van der Waals surface area contributed by atoms with Crippen molar-refractivity contribution in [2.24, 2.45) is 0 Å². The van der Waals surface area contributed by atoms with Crippen LogP contribution in [0.5, 0.6) is 0 Å². The van der Waals surface area contributed by atoms with Crippen molar-refractivity contribution in [2.45, 2.75) is 129 Å². The van der Waals surface area contributed by atoms with E-state index in [1.807, 2.05) is 0 Å². The quantitative estimate of drug-likeness (QED) is 0.183. The SMILES string of the molecule is CCCCCCCCCCCCCCC(O)CCCCCCS(=O)(=O)[O-].[K+]. The van der Waals surface area contributed by atoms with Crippen LogP contribution >= 0.6 is 0 Å². The molecule has 0 aliphatic rings. The van der Waals surface area contributed by atoms with E-state index in [0.29, 0.717) is 6.42 Å². The molecule has 1 atom stereocenters. The van der Waals surface area contributed by atoms with Crippen LogP contribution in [0.4, 0.5) is 0 Å². The minimum atomic E-state index is -4.06. The molecule has 0 saturated heterocycles. The zero-order chi connectivity index (χ0) is 19.5. The molecule has 0 fully saturated rings. The van der Waals surface area contributed by atoms with Gasteiger partial charge in [-0.05, 0) is 19.3 Å². The Balaban J connectivity index is 0. The molecule has 1 unspecified atom stereocenters. The first-order valence-corrected chi connectivity index (χ1v) is 12.6. The van der Waals surface area contributed by atoms with Crippen LogP contribution in [0.3, 0.4) is 0 Å². The van der Waals surface area contributed by atoms with Gasteiger partial charge in [-0.1, -0.05) is 103 Å². The molecule has 1 N–H and O–H groups in total. The van der Waals surface area contributed by atoms with Crippen molar-refractivity contribution in [3.05, 3.63) is 0 Å². The molecule has 0 amide bonds. The number of aliphatic hydroxyl groups excluding tert-OH is 1. The van der Waals surface area contributed by atoms with Crippen LogP contribution < -0.4 is 51.4 Å². The van der Waals surface area contributed by atoms with Crippen molar-refractivity contribution in [1.29, 1.82) is 0 Å². The number of unbranched alkanes of at least 4 members (excludes halogenated alkanes) is 14. The first kappa shape index (κ1) is 30.7. The second kappa shape index (κ2) is 22.2. The number of aliphatic hydroxyl groups is 1. The maximum absolute atomic E-state index is 10.5. The summed E-state index contributed by atoms with van der Waals surface area (Å²) in [5.41, 5.74) is 0.